The Morgan fingerprint density at radius 3 is 2.52 bits per heavy atom. The van der Waals surface area contributed by atoms with Crippen molar-refractivity contribution >= 4 is 29.2 Å². The van der Waals surface area contributed by atoms with Crippen molar-refractivity contribution in [2.24, 2.45) is 0 Å². The van der Waals surface area contributed by atoms with E-state index in [1.54, 1.807) is 32.9 Å². The second kappa shape index (κ2) is 7.61. The van der Waals surface area contributed by atoms with Crippen molar-refractivity contribution in [1.29, 1.82) is 0 Å². The predicted octanol–water partition coefficient (Wildman–Crippen LogP) is 4.03. The first kappa shape index (κ1) is 18.9. The Kier molecular flexibility index (Phi) is 5.74. The minimum absolute atomic E-state index is 0.270. The number of rotatable bonds is 5. The quantitative estimate of drug-likeness (QED) is 0.785. The Labute approximate surface area is 151 Å². The normalized spacial score (nSPS) is 10.5. The average molecular weight is 365 g/mol. The zero-order chi connectivity index (χ0) is 18.7. The van der Waals surface area contributed by atoms with Crippen LogP contribution >= 0.6 is 11.6 Å². The molecule has 134 valence electrons. The number of aromatic amines is 1. The van der Waals surface area contributed by atoms with Gasteiger partial charge in [-0.1, -0.05) is 11.6 Å². The molecule has 6 nitrogen and oxygen atoms in total. The Hall–Kier alpha value is -2.47. The van der Waals surface area contributed by atoms with Crippen molar-refractivity contribution in [3.05, 3.63) is 45.2 Å². The second-order valence-corrected chi connectivity index (χ2v) is 6.01. The summed E-state index contributed by atoms with van der Waals surface area (Å²) in [6.45, 7) is 7.27. The predicted molar refractivity (Wildman–Crippen MR) is 96.9 cm³/mol. The van der Waals surface area contributed by atoms with Crippen LogP contribution in [0.1, 0.15) is 44.6 Å². The van der Waals surface area contributed by atoms with E-state index in [-0.39, 0.29) is 12.5 Å². The van der Waals surface area contributed by atoms with Crippen LogP contribution in [0.25, 0.3) is 0 Å². The summed E-state index contributed by atoms with van der Waals surface area (Å²) in [5.41, 5.74) is 3.11. The third kappa shape index (κ3) is 3.79. The van der Waals surface area contributed by atoms with Gasteiger partial charge in [0.15, 0.2) is 0 Å². The van der Waals surface area contributed by atoms with Crippen LogP contribution in [0.3, 0.4) is 0 Å². The number of amides is 1. The molecule has 0 aliphatic carbocycles. The summed E-state index contributed by atoms with van der Waals surface area (Å²) < 4.78 is 10.3. The molecule has 2 aromatic rings. The number of halogens is 1. The Morgan fingerprint density at radius 1 is 1.24 bits per heavy atom. The molecule has 0 fully saturated rings. The first-order valence-corrected chi connectivity index (χ1v) is 8.19. The Balaban J connectivity index is 2.35. The standard InChI is InChI=1S/C18H21ClN2O4/c1-6-25-18(23)15-10(3)16(20-11(15)4)17(22)21-13-7-9(2)12(19)8-14(13)24-5/h7-8,20H,6H2,1-5H3,(H,21,22). The number of aromatic nitrogens is 1. The number of H-pyrrole nitrogens is 1. The highest BCUT2D eigenvalue weighted by molar-refractivity contribution is 6.31. The number of carbonyl (C=O) groups is 2. The van der Waals surface area contributed by atoms with Gasteiger partial charge in [0.2, 0.25) is 0 Å². The average Bonchev–Trinajstić information content (AvgIpc) is 2.85. The summed E-state index contributed by atoms with van der Waals surface area (Å²) in [5.74, 6) is -0.376. The van der Waals surface area contributed by atoms with E-state index in [0.29, 0.717) is 39.0 Å². The lowest BCUT2D eigenvalue weighted by Gasteiger charge is -2.12. The molecule has 0 bridgehead atoms. The van der Waals surface area contributed by atoms with Gasteiger partial charge in [0.1, 0.15) is 11.4 Å². The van der Waals surface area contributed by atoms with E-state index in [0.717, 1.165) is 5.56 Å². The van der Waals surface area contributed by atoms with Crippen LogP contribution < -0.4 is 10.1 Å². The van der Waals surface area contributed by atoms with E-state index in [2.05, 4.69) is 10.3 Å². The van der Waals surface area contributed by atoms with Gasteiger partial charge in [-0.05, 0) is 44.9 Å². The minimum atomic E-state index is -0.451. The minimum Gasteiger partial charge on any atom is -0.495 e. The van der Waals surface area contributed by atoms with Crippen molar-refractivity contribution in [3.8, 4) is 5.75 Å². The Morgan fingerprint density at radius 2 is 1.92 bits per heavy atom. The molecule has 1 aromatic heterocycles. The molecule has 0 saturated carbocycles. The van der Waals surface area contributed by atoms with Gasteiger partial charge in [0.05, 0.1) is 25.0 Å². The zero-order valence-electron chi connectivity index (χ0n) is 14.9. The molecule has 0 radical (unpaired) electrons. The fourth-order valence-electron chi connectivity index (χ4n) is 2.60. The van der Waals surface area contributed by atoms with E-state index >= 15 is 0 Å². The number of methoxy groups -OCH3 is 1. The first-order chi connectivity index (χ1) is 11.8. The molecule has 2 rings (SSSR count). The largest absolute Gasteiger partial charge is 0.495 e. The van der Waals surface area contributed by atoms with Crippen LogP contribution in [0.4, 0.5) is 5.69 Å². The van der Waals surface area contributed by atoms with E-state index in [4.69, 9.17) is 21.1 Å². The van der Waals surface area contributed by atoms with Gasteiger partial charge in [-0.15, -0.1) is 0 Å². The molecule has 0 saturated heterocycles. The van der Waals surface area contributed by atoms with E-state index in [9.17, 15) is 9.59 Å². The van der Waals surface area contributed by atoms with Gasteiger partial charge < -0.3 is 19.8 Å². The van der Waals surface area contributed by atoms with Gasteiger partial charge >= 0.3 is 5.97 Å². The summed E-state index contributed by atoms with van der Waals surface area (Å²) in [5, 5.41) is 3.34. The molecule has 25 heavy (non-hydrogen) atoms. The van der Waals surface area contributed by atoms with Crippen molar-refractivity contribution in [2.75, 3.05) is 19.0 Å². The van der Waals surface area contributed by atoms with Crippen LogP contribution in [-0.2, 0) is 4.74 Å². The third-order valence-corrected chi connectivity index (χ3v) is 4.28. The molecule has 2 N–H and O–H groups in total. The maximum atomic E-state index is 12.7. The van der Waals surface area contributed by atoms with Crippen LogP contribution in [0, 0.1) is 20.8 Å². The zero-order valence-corrected chi connectivity index (χ0v) is 15.6. The van der Waals surface area contributed by atoms with Gasteiger partial charge in [-0.3, -0.25) is 4.79 Å². The number of hydrogen-bond acceptors (Lipinski definition) is 4. The highest BCUT2D eigenvalue weighted by atomic mass is 35.5. The van der Waals surface area contributed by atoms with Crippen molar-refractivity contribution < 1.29 is 19.1 Å². The number of nitrogens with one attached hydrogen (secondary N) is 2. The van der Waals surface area contributed by atoms with Crippen LogP contribution in [0.5, 0.6) is 5.75 Å². The van der Waals surface area contributed by atoms with Crippen LogP contribution in [0.15, 0.2) is 12.1 Å². The lowest BCUT2D eigenvalue weighted by molar-refractivity contribution is 0.0525. The molecule has 0 unspecified atom stereocenters. The smallest absolute Gasteiger partial charge is 0.340 e. The number of aryl methyl sites for hydroxylation is 2. The lowest BCUT2D eigenvalue weighted by atomic mass is 10.1. The topological polar surface area (TPSA) is 80.4 Å². The number of hydrogen-bond donors (Lipinski definition) is 2. The third-order valence-electron chi connectivity index (χ3n) is 3.87. The van der Waals surface area contributed by atoms with Crippen molar-refractivity contribution in [2.45, 2.75) is 27.7 Å². The van der Waals surface area contributed by atoms with Crippen LogP contribution in [0.2, 0.25) is 5.02 Å². The highest BCUT2D eigenvalue weighted by Gasteiger charge is 2.23. The fourth-order valence-corrected chi connectivity index (χ4v) is 2.75. The van der Waals surface area contributed by atoms with E-state index in [1.165, 1.54) is 7.11 Å². The van der Waals surface area contributed by atoms with Crippen molar-refractivity contribution in [3.63, 3.8) is 0 Å². The molecule has 1 aromatic carbocycles. The number of carbonyl (C=O) groups excluding carboxylic acids is 2. The monoisotopic (exact) mass is 364 g/mol. The fraction of sp³-hybridized carbons (Fsp3) is 0.333. The van der Waals surface area contributed by atoms with Crippen molar-refractivity contribution in [1.82, 2.24) is 4.98 Å². The molecule has 0 aliphatic rings. The molecule has 0 spiro atoms. The molecule has 7 heteroatoms. The number of esters is 1. The van der Waals surface area contributed by atoms with Gasteiger partial charge in [-0.2, -0.15) is 0 Å². The summed E-state index contributed by atoms with van der Waals surface area (Å²) in [6, 6.07) is 3.37. The molecular formula is C18H21ClN2O4. The van der Waals surface area contributed by atoms with Gasteiger partial charge in [0, 0.05) is 16.8 Å². The van der Waals surface area contributed by atoms with Crippen LogP contribution in [-0.4, -0.2) is 30.6 Å². The first-order valence-electron chi connectivity index (χ1n) is 7.81. The SMILES string of the molecule is CCOC(=O)c1c(C)[nH]c(C(=O)Nc2cc(C)c(Cl)cc2OC)c1C. The Bertz CT molecular complexity index is 827. The molecule has 0 aliphatic heterocycles. The van der Waals surface area contributed by atoms with E-state index in [1.807, 2.05) is 6.92 Å². The number of anilines is 1. The molecular weight excluding hydrogens is 344 g/mol. The summed E-state index contributed by atoms with van der Waals surface area (Å²) in [6.07, 6.45) is 0. The number of ether oxygens (including phenoxy) is 2. The number of benzene rings is 1. The maximum absolute atomic E-state index is 12.7. The van der Waals surface area contributed by atoms with E-state index < -0.39 is 5.97 Å². The lowest BCUT2D eigenvalue weighted by Crippen LogP contribution is -2.15. The maximum Gasteiger partial charge on any atom is 0.340 e. The molecule has 1 amide bonds. The molecule has 1 heterocycles. The summed E-state index contributed by atoms with van der Waals surface area (Å²) >= 11 is 6.08. The summed E-state index contributed by atoms with van der Waals surface area (Å²) in [4.78, 5) is 27.7. The van der Waals surface area contributed by atoms with Gasteiger partial charge in [0.25, 0.3) is 5.91 Å². The van der Waals surface area contributed by atoms with Gasteiger partial charge in [-0.25, -0.2) is 4.79 Å². The molecule has 0 atom stereocenters. The second-order valence-electron chi connectivity index (χ2n) is 5.60. The highest BCUT2D eigenvalue weighted by Crippen LogP contribution is 2.31. The summed E-state index contributed by atoms with van der Waals surface area (Å²) in [7, 11) is 1.50.